The molecule has 5 nitrogen and oxygen atoms in total. The minimum Gasteiger partial charge on any atom is -0.398 e. The van der Waals surface area contributed by atoms with Gasteiger partial charge in [0.2, 0.25) is 10.0 Å². The number of H-pyrrole nitrogens is 1. The third kappa shape index (κ3) is 4.02. The van der Waals surface area contributed by atoms with Gasteiger partial charge >= 0.3 is 0 Å². The monoisotopic (exact) mass is 407 g/mol. The quantitative estimate of drug-likeness (QED) is 0.541. The van der Waals surface area contributed by atoms with Crippen molar-refractivity contribution in [2.45, 2.75) is 44.1 Å². The standard InChI is InChI=1S/C20H23F2N3O2S/c1-12-8-13(2)19(16(23)9-12)28(26,27)25-18(20(3,21)22)10-14-11-24-17-7-5-4-6-15(14)17/h4-9,11,18,24-25H,10,23H2,1-3H3. The summed E-state index contributed by atoms with van der Waals surface area (Å²) in [6.45, 7) is 4.09. The molecule has 3 rings (SSSR count). The molecule has 4 N–H and O–H groups in total. The Morgan fingerprint density at radius 3 is 2.54 bits per heavy atom. The van der Waals surface area contributed by atoms with E-state index in [1.165, 1.54) is 6.07 Å². The minimum atomic E-state index is -4.24. The summed E-state index contributed by atoms with van der Waals surface area (Å²) in [5, 5.41) is 0.780. The fourth-order valence-corrected chi connectivity index (χ4v) is 5.08. The van der Waals surface area contributed by atoms with Gasteiger partial charge in [0.05, 0.1) is 11.7 Å². The summed E-state index contributed by atoms with van der Waals surface area (Å²) < 4.78 is 56.6. The molecule has 0 aliphatic carbocycles. The van der Waals surface area contributed by atoms with Crippen LogP contribution in [0.1, 0.15) is 23.6 Å². The SMILES string of the molecule is Cc1cc(C)c(S(=O)(=O)NC(Cc2c[nH]c3ccccc23)C(C)(F)F)c(N)c1. The maximum Gasteiger partial charge on any atom is 0.261 e. The molecule has 2 aromatic carbocycles. The molecule has 0 saturated heterocycles. The number of hydrogen-bond acceptors (Lipinski definition) is 3. The van der Waals surface area contributed by atoms with Gasteiger partial charge in [-0.15, -0.1) is 0 Å². The number of nitrogen functional groups attached to an aromatic ring is 1. The van der Waals surface area contributed by atoms with E-state index < -0.39 is 22.0 Å². The zero-order valence-electron chi connectivity index (χ0n) is 15.9. The van der Waals surface area contributed by atoms with Gasteiger partial charge in [-0.05, 0) is 49.1 Å². The van der Waals surface area contributed by atoms with Crippen LogP contribution in [0.5, 0.6) is 0 Å². The van der Waals surface area contributed by atoms with E-state index in [1.807, 2.05) is 18.2 Å². The van der Waals surface area contributed by atoms with Gasteiger partial charge in [0.25, 0.3) is 5.92 Å². The summed E-state index contributed by atoms with van der Waals surface area (Å²) >= 11 is 0. The van der Waals surface area contributed by atoms with Crippen molar-refractivity contribution in [1.82, 2.24) is 9.71 Å². The minimum absolute atomic E-state index is 0.0373. The molecule has 8 heteroatoms. The Balaban J connectivity index is 1.98. The van der Waals surface area contributed by atoms with E-state index in [4.69, 9.17) is 5.73 Å². The van der Waals surface area contributed by atoms with Crippen LogP contribution in [-0.4, -0.2) is 25.4 Å². The number of aromatic nitrogens is 1. The fourth-order valence-electron chi connectivity index (χ4n) is 3.45. The Bertz CT molecular complexity index is 1090. The highest BCUT2D eigenvalue weighted by atomic mass is 32.2. The Morgan fingerprint density at radius 1 is 1.21 bits per heavy atom. The van der Waals surface area contributed by atoms with E-state index in [2.05, 4.69) is 9.71 Å². The number of nitrogens with two attached hydrogens (primary N) is 1. The number of rotatable bonds is 6. The Kier molecular flexibility index (Phi) is 5.20. The van der Waals surface area contributed by atoms with E-state index in [0.29, 0.717) is 18.1 Å². The number of nitrogens with one attached hydrogen (secondary N) is 2. The molecule has 0 amide bonds. The number of sulfonamides is 1. The summed E-state index contributed by atoms with van der Waals surface area (Å²) in [4.78, 5) is 2.86. The molecule has 0 fully saturated rings. The Hall–Kier alpha value is -2.45. The molecule has 150 valence electrons. The summed E-state index contributed by atoms with van der Waals surface area (Å²) in [5.74, 6) is -3.28. The summed E-state index contributed by atoms with van der Waals surface area (Å²) in [5.41, 5.74) is 8.55. The van der Waals surface area contributed by atoms with E-state index in [1.54, 1.807) is 32.2 Å². The van der Waals surface area contributed by atoms with Crippen LogP contribution in [0.4, 0.5) is 14.5 Å². The molecule has 0 aliphatic heterocycles. The van der Waals surface area contributed by atoms with Gasteiger partial charge in [-0.1, -0.05) is 24.3 Å². The zero-order chi connectivity index (χ0) is 20.7. The molecule has 3 aromatic rings. The molecule has 1 aromatic heterocycles. The third-order valence-electron chi connectivity index (χ3n) is 4.72. The Labute approximate surface area is 163 Å². The van der Waals surface area contributed by atoms with Crippen LogP contribution in [0.3, 0.4) is 0 Å². The van der Waals surface area contributed by atoms with E-state index in [-0.39, 0.29) is 17.0 Å². The number of anilines is 1. The van der Waals surface area contributed by atoms with Gasteiger partial charge in [0, 0.05) is 24.0 Å². The van der Waals surface area contributed by atoms with Gasteiger partial charge < -0.3 is 10.7 Å². The second kappa shape index (κ2) is 7.18. The van der Waals surface area contributed by atoms with Crippen LogP contribution in [0, 0.1) is 13.8 Å². The van der Waals surface area contributed by atoms with Crippen molar-refractivity contribution < 1.29 is 17.2 Å². The predicted octanol–water partition coefficient (Wildman–Crippen LogP) is 3.91. The van der Waals surface area contributed by atoms with Crippen LogP contribution < -0.4 is 10.5 Å². The number of alkyl halides is 2. The first-order valence-electron chi connectivity index (χ1n) is 8.81. The van der Waals surface area contributed by atoms with Crippen LogP contribution >= 0.6 is 0 Å². The largest absolute Gasteiger partial charge is 0.398 e. The van der Waals surface area contributed by atoms with Crippen LogP contribution in [-0.2, 0) is 16.4 Å². The number of hydrogen-bond donors (Lipinski definition) is 3. The molecule has 0 bridgehead atoms. The number of para-hydroxylation sites is 1. The second-order valence-corrected chi connectivity index (χ2v) is 8.84. The summed E-state index contributed by atoms with van der Waals surface area (Å²) in [7, 11) is -4.24. The lowest BCUT2D eigenvalue weighted by Crippen LogP contribution is -2.47. The lowest BCUT2D eigenvalue weighted by atomic mass is 10.0. The average molecular weight is 407 g/mol. The van der Waals surface area contributed by atoms with Crippen molar-refractivity contribution in [3.8, 4) is 0 Å². The van der Waals surface area contributed by atoms with Crippen molar-refractivity contribution in [3.05, 3.63) is 59.3 Å². The molecular formula is C20H23F2N3O2S. The molecular weight excluding hydrogens is 384 g/mol. The number of aromatic amines is 1. The zero-order valence-corrected chi connectivity index (χ0v) is 16.7. The van der Waals surface area contributed by atoms with Crippen molar-refractivity contribution in [3.63, 3.8) is 0 Å². The van der Waals surface area contributed by atoms with Crippen molar-refractivity contribution in [2.24, 2.45) is 0 Å². The normalized spacial score (nSPS) is 13.8. The lowest BCUT2D eigenvalue weighted by molar-refractivity contribution is -0.0106. The number of halogens is 2. The molecule has 0 aliphatic rings. The maximum absolute atomic E-state index is 14.3. The van der Waals surface area contributed by atoms with Crippen LogP contribution in [0.25, 0.3) is 10.9 Å². The molecule has 1 heterocycles. The van der Waals surface area contributed by atoms with Crippen molar-refractivity contribution >= 4 is 26.6 Å². The second-order valence-electron chi connectivity index (χ2n) is 7.19. The number of benzene rings is 2. The highest BCUT2D eigenvalue weighted by Crippen LogP contribution is 2.29. The summed E-state index contributed by atoms with van der Waals surface area (Å²) in [6.07, 6.45) is 1.46. The van der Waals surface area contributed by atoms with E-state index in [0.717, 1.165) is 16.5 Å². The fraction of sp³-hybridized carbons (Fsp3) is 0.300. The Morgan fingerprint density at radius 2 is 1.89 bits per heavy atom. The van der Waals surface area contributed by atoms with Gasteiger partial charge in [-0.3, -0.25) is 0 Å². The number of aryl methyl sites for hydroxylation is 2. The van der Waals surface area contributed by atoms with Gasteiger partial charge in [0.1, 0.15) is 4.90 Å². The van der Waals surface area contributed by atoms with Crippen molar-refractivity contribution in [1.29, 1.82) is 0 Å². The van der Waals surface area contributed by atoms with Gasteiger partial charge in [-0.2, -0.15) is 0 Å². The third-order valence-corrected chi connectivity index (χ3v) is 6.41. The highest BCUT2D eigenvalue weighted by Gasteiger charge is 2.38. The predicted molar refractivity (Wildman–Crippen MR) is 107 cm³/mol. The highest BCUT2D eigenvalue weighted by molar-refractivity contribution is 7.89. The molecule has 1 unspecified atom stereocenters. The molecule has 1 atom stereocenters. The average Bonchev–Trinajstić information content (AvgIpc) is 2.95. The molecule has 0 saturated carbocycles. The van der Waals surface area contributed by atoms with Gasteiger partial charge in [0.15, 0.2) is 0 Å². The van der Waals surface area contributed by atoms with Crippen LogP contribution in [0.2, 0.25) is 0 Å². The lowest BCUT2D eigenvalue weighted by Gasteiger charge is -2.25. The molecule has 28 heavy (non-hydrogen) atoms. The first-order chi connectivity index (χ1) is 13.0. The van der Waals surface area contributed by atoms with Gasteiger partial charge in [-0.25, -0.2) is 21.9 Å². The maximum atomic E-state index is 14.3. The van der Waals surface area contributed by atoms with Crippen LogP contribution in [0.15, 0.2) is 47.5 Å². The summed E-state index contributed by atoms with van der Waals surface area (Å²) in [6, 6.07) is 8.82. The molecule has 0 radical (unpaired) electrons. The number of fused-ring (bicyclic) bond motifs is 1. The smallest absolute Gasteiger partial charge is 0.261 e. The van der Waals surface area contributed by atoms with E-state index >= 15 is 0 Å². The first-order valence-corrected chi connectivity index (χ1v) is 10.3. The first kappa shape index (κ1) is 20.3. The van der Waals surface area contributed by atoms with E-state index in [9.17, 15) is 17.2 Å². The topological polar surface area (TPSA) is 88.0 Å². The molecule has 0 spiro atoms. The van der Waals surface area contributed by atoms with Crippen molar-refractivity contribution in [2.75, 3.05) is 5.73 Å².